The van der Waals surface area contributed by atoms with Crippen molar-refractivity contribution >= 4 is 33.9 Å². The molecule has 176 valence electrons. The molecule has 9 heteroatoms. The Morgan fingerprint density at radius 2 is 1.85 bits per heavy atom. The number of amides is 1. The van der Waals surface area contributed by atoms with Crippen molar-refractivity contribution in [1.29, 1.82) is 0 Å². The molecule has 0 aliphatic carbocycles. The first-order valence-corrected chi connectivity index (χ1v) is 11.9. The molecule has 0 atom stereocenters. The van der Waals surface area contributed by atoms with Gasteiger partial charge < -0.3 is 10.1 Å². The topological polar surface area (TPSA) is 102 Å². The number of esters is 1. The van der Waals surface area contributed by atoms with Crippen molar-refractivity contribution in [3.05, 3.63) is 91.8 Å². The molecule has 0 saturated heterocycles. The number of nitro groups is 1. The number of carbonyl (C=O) groups excluding carboxylic acids is 2. The molecule has 0 spiro atoms. The van der Waals surface area contributed by atoms with Crippen LogP contribution in [0.3, 0.4) is 0 Å². The Morgan fingerprint density at radius 1 is 1.12 bits per heavy atom. The molecule has 2 aromatic carbocycles. The molecule has 0 fully saturated rings. The molecule has 4 rings (SSSR count). The average molecular weight is 480 g/mol. The maximum atomic E-state index is 12.8. The van der Waals surface area contributed by atoms with Crippen LogP contribution >= 0.6 is 11.3 Å². The molecule has 8 nitrogen and oxygen atoms in total. The summed E-state index contributed by atoms with van der Waals surface area (Å²) in [5.74, 6) is -0.721. The zero-order valence-electron chi connectivity index (χ0n) is 18.8. The molecule has 2 heterocycles. The summed E-state index contributed by atoms with van der Waals surface area (Å²) in [6.07, 6.45) is 0.744. The van der Waals surface area contributed by atoms with Crippen LogP contribution in [-0.4, -0.2) is 34.9 Å². The SMILES string of the molecule is CCOC(=O)c1c(NC(=O)Cc2ccc([N+](=O)[O-])cc2)sc2c1CCN(Cc1ccccc1)C2. The lowest BCUT2D eigenvalue weighted by Crippen LogP contribution is -2.30. The minimum absolute atomic E-state index is 0.0280. The van der Waals surface area contributed by atoms with E-state index in [2.05, 4.69) is 22.3 Å². The fourth-order valence-corrected chi connectivity index (χ4v) is 5.33. The first-order valence-electron chi connectivity index (χ1n) is 11.1. The lowest BCUT2D eigenvalue weighted by Gasteiger charge is -2.27. The van der Waals surface area contributed by atoms with E-state index in [0.717, 1.165) is 23.5 Å². The van der Waals surface area contributed by atoms with Gasteiger partial charge in [-0.2, -0.15) is 0 Å². The summed E-state index contributed by atoms with van der Waals surface area (Å²) in [4.78, 5) is 39.2. The van der Waals surface area contributed by atoms with E-state index in [-0.39, 0.29) is 24.6 Å². The van der Waals surface area contributed by atoms with Crippen molar-refractivity contribution < 1.29 is 19.2 Å². The quantitative estimate of drug-likeness (QED) is 0.288. The number of benzene rings is 2. The van der Waals surface area contributed by atoms with Crippen LogP contribution in [0.25, 0.3) is 0 Å². The number of nitro benzene ring substituents is 1. The second-order valence-electron chi connectivity index (χ2n) is 8.02. The van der Waals surface area contributed by atoms with Crippen molar-refractivity contribution in [2.45, 2.75) is 32.9 Å². The third-order valence-electron chi connectivity index (χ3n) is 5.63. The summed E-state index contributed by atoms with van der Waals surface area (Å²) in [5, 5.41) is 14.2. The summed E-state index contributed by atoms with van der Waals surface area (Å²) in [6, 6.07) is 16.1. The first kappa shape index (κ1) is 23.6. The highest BCUT2D eigenvalue weighted by Crippen LogP contribution is 2.38. The van der Waals surface area contributed by atoms with Crippen molar-refractivity contribution in [3.63, 3.8) is 0 Å². The number of nitrogens with zero attached hydrogens (tertiary/aromatic N) is 2. The third-order valence-corrected chi connectivity index (χ3v) is 6.76. The van der Waals surface area contributed by atoms with Gasteiger partial charge in [-0.25, -0.2) is 4.79 Å². The van der Waals surface area contributed by atoms with E-state index >= 15 is 0 Å². The van der Waals surface area contributed by atoms with Crippen LogP contribution < -0.4 is 5.32 Å². The van der Waals surface area contributed by atoms with Gasteiger partial charge in [-0.3, -0.25) is 19.8 Å². The molecule has 1 aliphatic rings. The third kappa shape index (κ3) is 5.49. The fraction of sp³-hybridized carbons (Fsp3) is 0.280. The highest BCUT2D eigenvalue weighted by molar-refractivity contribution is 7.17. The molecule has 0 saturated carbocycles. The maximum absolute atomic E-state index is 12.8. The Morgan fingerprint density at radius 3 is 2.53 bits per heavy atom. The van der Waals surface area contributed by atoms with Gasteiger partial charge in [0.15, 0.2) is 0 Å². The number of hydrogen-bond donors (Lipinski definition) is 1. The second kappa shape index (κ2) is 10.6. The van der Waals surface area contributed by atoms with Gasteiger partial charge in [-0.15, -0.1) is 11.3 Å². The van der Waals surface area contributed by atoms with Crippen molar-refractivity contribution in [2.24, 2.45) is 0 Å². The second-order valence-corrected chi connectivity index (χ2v) is 9.13. The van der Waals surface area contributed by atoms with Crippen LogP contribution in [0.15, 0.2) is 54.6 Å². The van der Waals surface area contributed by atoms with Gasteiger partial charge >= 0.3 is 5.97 Å². The van der Waals surface area contributed by atoms with Gasteiger partial charge in [0.1, 0.15) is 5.00 Å². The van der Waals surface area contributed by atoms with Crippen molar-refractivity contribution in [2.75, 3.05) is 18.5 Å². The Bertz CT molecular complexity index is 1190. The largest absolute Gasteiger partial charge is 0.462 e. The average Bonchev–Trinajstić information content (AvgIpc) is 3.17. The Labute approximate surface area is 201 Å². The fourth-order valence-electron chi connectivity index (χ4n) is 4.03. The van der Waals surface area contributed by atoms with Gasteiger partial charge in [-0.1, -0.05) is 42.5 Å². The minimum Gasteiger partial charge on any atom is -0.462 e. The number of nitrogens with one attached hydrogen (secondary N) is 1. The number of fused-ring (bicyclic) bond motifs is 1. The smallest absolute Gasteiger partial charge is 0.341 e. The molecule has 0 bridgehead atoms. The van der Waals surface area contributed by atoms with E-state index in [1.54, 1.807) is 19.1 Å². The van der Waals surface area contributed by atoms with Crippen LogP contribution in [0.1, 0.15) is 38.8 Å². The van der Waals surface area contributed by atoms with Gasteiger partial charge in [0.2, 0.25) is 5.91 Å². The van der Waals surface area contributed by atoms with Crippen molar-refractivity contribution in [3.8, 4) is 0 Å². The van der Waals surface area contributed by atoms with Crippen LogP contribution in [-0.2, 0) is 35.5 Å². The summed E-state index contributed by atoms with van der Waals surface area (Å²) in [5.41, 5.74) is 3.23. The van der Waals surface area contributed by atoms with E-state index in [4.69, 9.17) is 4.74 Å². The Hall–Kier alpha value is -3.56. The molecule has 0 radical (unpaired) electrons. The predicted octanol–water partition coefficient (Wildman–Crippen LogP) is 4.57. The number of rotatable bonds is 8. The number of ether oxygens (including phenoxy) is 1. The lowest BCUT2D eigenvalue weighted by molar-refractivity contribution is -0.384. The number of non-ortho nitro benzene ring substituents is 1. The zero-order chi connectivity index (χ0) is 24.1. The number of hydrogen-bond acceptors (Lipinski definition) is 7. The van der Waals surface area contributed by atoms with Crippen LogP contribution in [0.4, 0.5) is 10.7 Å². The molecule has 1 aliphatic heterocycles. The standard InChI is InChI=1S/C25H25N3O5S/c1-2-33-25(30)23-20-12-13-27(15-18-6-4-3-5-7-18)16-21(20)34-24(23)26-22(29)14-17-8-10-19(11-9-17)28(31)32/h3-11H,2,12-16H2,1H3,(H,26,29). The van der Waals surface area contributed by atoms with Gasteiger partial charge in [0.25, 0.3) is 5.69 Å². The first-order chi connectivity index (χ1) is 16.4. The van der Waals surface area contributed by atoms with Crippen molar-refractivity contribution in [1.82, 2.24) is 4.90 Å². The zero-order valence-corrected chi connectivity index (χ0v) is 19.6. The molecule has 1 aromatic heterocycles. The number of carbonyl (C=O) groups is 2. The van der Waals surface area contributed by atoms with Gasteiger partial charge in [-0.05, 0) is 30.0 Å². The van der Waals surface area contributed by atoms with Gasteiger partial charge in [0.05, 0.1) is 23.5 Å². The Balaban J connectivity index is 1.51. The summed E-state index contributed by atoms with van der Waals surface area (Å²) in [6.45, 7) is 4.32. The molecular weight excluding hydrogens is 454 g/mol. The van der Waals surface area contributed by atoms with Gasteiger partial charge in [0, 0.05) is 36.6 Å². The molecule has 3 aromatic rings. The maximum Gasteiger partial charge on any atom is 0.341 e. The lowest BCUT2D eigenvalue weighted by atomic mass is 10.0. The molecule has 34 heavy (non-hydrogen) atoms. The highest BCUT2D eigenvalue weighted by atomic mass is 32.1. The molecular formula is C25H25N3O5S. The summed E-state index contributed by atoms with van der Waals surface area (Å²) in [7, 11) is 0. The number of thiophene rings is 1. The number of anilines is 1. The highest BCUT2D eigenvalue weighted by Gasteiger charge is 2.29. The van der Waals surface area contributed by atoms with Crippen LogP contribution in [0.5, 0.6) is 0 Å². The molecule has 1 amide bonds. The van der Waals surface area contributed by atoms with E-state index in [0.29, 0.717) is 29.1 Å². The van der Waals surface area contributed by atoms with Crippen LogP contribution in [0, 0.1) is 10.1 Å². The Kier molecular flexibility index (Phi) is 7.34. The minimum atomic E-state index is -0.479. The van der Waals surface area contributed by atoms with E-state index in [9.17, 15) is 19.7 Å². The van der Waals surface area contributed by atoms with E-state index in [1.807, 2.05) is 18.2 Å². The normalized spacial score (nSPS) is 13.2. The monoisotopic (exact) mass is 479 g/mol. The molecule has 1 N–H and O–H groups in total. The molecule has 0 unspecified atom stereocenters. The van der Waals surface area contributed by atoms with E-state index in [1.165, 1.54) is 29.0 Å². The van der Waals surface area contributed by atoms with Crippen LogP contribution in [0.2, 0.25) is 0 Å². The summed E-state index contributed by atoms with van der Waals surface area (Å²) < 4.78 is 5.29. The van der Waals surface area contributed by atoms with E-state index < -0.39 is 10.9 Å². The predicted molar refractivity (Wildman–Crippen MR) is 130 cm³/mol. The summed E-state index contributed by atoms with van der Waals surface area (Å²) >= 11 is 1.41.